The number of hydrogen-bond acceptors (Lipinski definition) is 5. The molecule has 1 aliphatic heterocycles. The Balaban J connectivity index is 1.91. The number of nitrogens with zero attached hydrogens (tertiary/aromatic N) is 5. The van der Waals surface area contributed by atoms with Crippen molar-refractivity contribution in [3.63, 3.8) is 0 Å². The lowest BCUT2D eigenvalue weighted by molar-refractivity contribution is 0.450. The molecule has 1 N–H and O–H groups in total. The van der Waals surface area contributed by atoms with E-state index >= 15 is 0 Å². The normalized spacial score (nSPS) is 20.5. The van der Waals surface area contributed by atoms with E-state index in [0.29, 0.717) is 0 Å². The molecule has 1 unspecified atom stereocenters. The molecule has 2 aromatic heterocycles. The SMILES string of the molecule is c1cnc(N2CCCCC2c2ncn[nH]2)nc1. The van der Waals surface area contributed by atoms with E-state index < -0.39 is 0 Å². The first-order chi connectivity index (χ1) is 8.45. The molecule has 6 heteroatoms. The highest BCUT2D eigenvalue weighted by Crippen LogP contribution is 2.30. The molecule has 2 aromatic rings. The fourth-order valence-electron chi connectivity index (χ4n) is 2.27. The Kier molecular flexibility index (Phi) is 2.69. The van der Waals surface area contributed by atoms with Gasteiger partial charge in [0.05, 0.1) is 6.04 Å². The van der Waals surface area contributed by atoms with E-state index in [2.05, 4.69) is 30.0 Å². The van der Waals surface area contributed by atoms with Gasteiger partial charge in [0.2, 0.25) is 5.95 Å². The predicted octanol–water partition coefficient (Wildman–Crippen LogP) is 1.33. The molecule has 3 heterocycles. The van der Waals surface area contributed by atoms with Gasteiger partial charge in [0.1, 0.15) is 12.2 Å². The third kappa shape index (κ3) is 1.98. The highest BCUT2D eigenvalue weighted by molar-refractivity contribution is 5.32. The third-order valence-electron chi connectivity index (χ3n) is 3.06. The lowest BCUT2D eigenvalue weighted by Crippen LogP contribution is -2.35. The van der Waals surface area contributed by atoms with Crippen LogP contribution in [0.15, 0.2) is 24.8 Å². The zero-order valence-corrected chi connectivity index (χ0v) is 9.45. The van der Waals surface area contributed by atoms with E-state index in [9.17, 15) is 0 Å². The van der Waals surface area contributed by atoms with E-state index in [1.807, 2.05) is 6.07 Å². The van der Waals surface area contributed by atoms with Crippen LogP contribution < -0.4 is 4.90 Å². The predicted molar refractivity (Wildman–Crippen MR) is 62.4 cm³/mol. The number of rotatable bonds is 2. The van der Waals surface area contributed by atoms with Crippen molar-refractivity contribution in [2.24, 2.45) is 0 Å². The number of anilines is 1. The molecule has 1 atom stereocenters. The molecule has 0 spiro atoms. The van der Waals surface area contributed by atoms with Crippen LogP contribution in [0, 0.1) is 0 Å². The molecule has 1 aliphatic rings. The van der Waals surface area contributed by atoms with Crippen molar-refractivity contribution in [2.45, 2.75) is 25.3 Å². The molecule has 0 bridgehead atoms. The van der Waals surface area contributed by atoms with Crippen LogP contribution in [0.5, 0.6) is 0 Å². The van der Waals surface area contributed by atoms with Gasteiger partial charge < -0.3 is 4.90 Å². The standard InChI is InChI=1S/C11H14N6/c1-2-7-17(11-12-5-3-6-13-11)9(4-1)10-14-8-15-16-10/h3,5-6,8-9H,1-2,4,7H2,(H,14,15,16). The van der Waals surface area contributed by atoms with Crippen molar-refractivity contribution in [1.29, 1.82) is 0 Å². The second-order valence-corrected chi connectivity index (χ2v) is 4.12. The average Bonchev–Trinajstić information content (AvgIpc) is 2.94. The molecule has 0 amide bonds. The lowest BCUT2D eigenvalue weighted by atomic mass is 10.0. The van der Waals surface area contributed by atoms with Crippen LogP contribution in [0.25, 0.3) is 0 Å². The van der Waals surface area contributed by atoms with Crippen molar-refractivity contribution in [1.82, 2.24) is 25.1 Å². The van der Waals surface area contributed by atoms with Crippen LogP contribution in [0.1, 0.15) is 31.1 Å². The first kappa shape index (κ1) is 10.2. The average molecular weight is 230 g/mol. The molecule has 1 fully saturated rings. The Morgan fingerprint density at radius 1 is 1.18 bits per heavy atom. The molecule has 1 saturated heterocycles. The number of piperidine rings is 1. The van der Waals surface area contributed by atoms with Crippen LogP contribution in [0.4, 0.5) is 5.95 Å². The van der Waals surface area contributed by atoms with Gasteiger partial charge >= 0.3 is 0 Å². The molecular weight excluding hydrogens is 216 g/mol. The number of aromatic amines is 1. The topological polar surface area (TPSA) is 70.6 Å². The summed E-state index contributed by atoms with van der Waals surface area (Å²) < 4.78 is 0. The van der Waals surface area contributed by atoms with Crippen molar-refractivity contribution < 1.29 is 0 Å². The fourth-order valence-corrected chi connectivity index (χ4v) is 2.27. The third-order valence-corrected chi connectivity index (χ3v) is 3.06. The van der Waals surface area contributed by atoms with Crippen LogP contribution in [-0.4, -0.2) is 31.7 Å². The maximum absolute atomic E-state index is 4.32. The van der Waals surface area contributed by atoms with Gasteiger partial charge in [-0.25, -0.2) is 15.0 Å². The number of aromatic nitrogens is 5. The minimum atomic E-state index is 0.216. The smallest absolute Gasteiger partial charge is 0.225 e. The van der Waals surface area contributed by atoms with E-state index in [1.165, 1.54) is 12.8 Å². The van der Waals surface area contributed by atoms with Gasteiger partial charge in [0.15, 0.2) is 0 Å². The molecule has 17 heavy (non-hydrogen) atoms. The minimum absolute atomic E-state index is 0.216. The Bertz CT molecular complexity index is 454. The number of nitrogens with one attached hydrogen (secondary N) is 1. The maximum atomic E-state index is 4.32. The summed E-state index contributed by atoms with van der Waals surface area (Å²) >= 11 is 0. The minimum Gasteiger partial charge on any atom is -0.331 e. The highest BCUT2D eigenvalue weighted by Gasteiger charge is 2.27. The summed E-state index contributed by atoms with van der Waals surface area (Å²) in [5, 5.41) is 6.87. The summed E-state index contributed by atoms with van der Waals surface area (Å²) in [5.41, 5.74) is 0. The summed E-state index contributed by atoms with van der Waals surface area (Å²) in [7, 11) is 0. The zero-order chi connectivity index (χ0) is 11.5. The molecule has 6 nitrogen and oxygen atoms in total. The second kappa shape index (κ2) is 4.48. The number of H-pyrrole nitrogens is 1. The molecular formula is C11H14N6. The Morgan fingerprint density at radius 3 is 2.82 bits per heavy atom. The van der Waals surface area contributed by atoms with E-state index in [0.717, 1.165) is 24.7 Å². The van der Waals surface area contributed by atoms with Crippen molar-refractivity contribution >= 4 is 5.95 Å². The van der Waals surface area contributed by atoms with Crippen molar-refractivity contribution in [3.05, 3.63) is 30.6 Å². The van der Waals surface area contributed by atoms with Gasteiger partial charge in [0, 0.05) is 18.9 Å². The molecule has 0 radical (unpaired) electrons. The Morgan fingerprint density at radius 2 is 2.06 bits per heavy atom. The number of hydrogen-bond donors (Lipinski definition) is 1. The van der Waals surface area contributed by atoms with E-state index in [-0.39, 0.29) is 6.04 Å². The maximum Gasteiger partial charge on any atom is 0.225 e. The molecule has 0 aromatic carbocycles. The highest BCUT2D eigenvalue weighted by atomic mass is 15.3. The van der Waals surface area contributed by atoms with Crippen molar-refractivity contribution in [2.75, 3.05) is 11.4 Å². The summed E-state index contributed by atoms with van der Waals surface area (Å²) in [5.74, 6) is 1.67. The van der Waals surface area contributed by atoms with Crippen LogP contribution in [0.3, 0.4) is 0 Å². The Labute approximate surface area is 99.1 Å². The first-order valence-corrected chi connectivity index (χ1v) is 5.84. The van der Waals surface area contributed by atoms with Gasteiger partial charge in [-0.1, -0.05) is 0 Å². The fraction of sp³-hybridized carbons (Fsp3) is 0.455. The quantitative estimate of drug-likeness (QED) is 0.842. The van der Waals surface area contributed by atoms with Crippen LogP contribution >= 0.6 is 0 Å². The van der Waals surface area contributed by atoms with Gasteiger partial charge in [-0.05, 0) is 25.3 Å². The monoisotopic (exact) mass is 230 g/mol. The summed E-state index contributed by atoms with van der Waals surface area (Å²) in [6.45, 7) is 0.968. The van der Waals surface area contributed by atoms with Gasteiger partial charge in [-0.15, -0.1) is 0 Å². The molecule has 0 saturated carbocycles. The second-order valence-electron chi connectivity index (χ2n) is 4.12. The van der Waals surface area contributed by atoms with Crippen LogP contribution in [0.2, 0.25) is 0 Å². The van der Waals surface area contributed by atoms with Crippen molar-refractivity contribution in [3.8, 4) is 0 Å². The molecule has 3 rings (SSSR count). The lowest BCUT2D eigenvalue weighted by Gasteiger charge is -2.34. The zero-order valence-electron chi connectivity index (χ0n) is 9.45. The van der Waals surface area contributed by atoms with Gasteiger partial charge in [0.25, 0.3) is 0 Å². The Hall–Kier alpha value is -1.98. The summed E-state index contributed by atoms with van der Waals surface area (Å²) in [4.78, 5) is 15.1. The summed E-state index contributed by atoms with van der Waals surface area (Å²) in [6, 6.07) is 2.05. The largest absolute Gasteiger partial charge is 0.331 e. The molecule has 0 aliphatic carbocycles. The van der Waals surface area contributed by atoms with Crippen LogP contribution in [-0.2, 0) is 0 Å². The first-order valence-electron chi connectivity index (χ1n) is 5.84. The van der Waals surface area contributed by atoms with Gasteiger partial charge in [-0.3, -0.25) is 5.10 Å². The van der Waals surface area contributed by atoms with E-state index in [4.69, 9.17) is 0 Å². The molecule has 88 valence electrons. The van der Waals surface area contributed by atoms with Gasteiger partial charge in [-0.2, -0.15) is 5.10 Å². The summed E-state index contributed by atoms with van der Waals surface area (Å²) in [6.07, 6.45) is 8.53. The van der Waals surface area contributed by atoms with E-state index in [1.54, 1.807) is 18.7 Å².